The summed E-state index contributed by atoms with van der Waals surface area (Å²) >= 11 is 5.95. The van der Waals surface area contributed by atoms with Gasteiger partial charge in [0.15, 0.2) is 5.75 Å². The molecule has 18 heavy (non-hydrogen) atoms. The number of aromatic amines is 1. The molecule has 1 aromatic rings. The molecule has 0 atom stereocenters. The number of halogens is 1. The summed E-state index contributed by atoms with van der Waals surface area (Å²) in [6, 6.07) is 10.9. The van der Waals surface area contributed by atoms with Crippen molar-refractivity contribution in [3.05, 3.63) is 51.6 Å². The van der Waals surface area contributed by atoms with Crippen LogP contribution >= 0.6 is 11.6 Å². The van der Waals surface area contributed by atoms with E-state index in [1.54, 1.807) is 12.1 Å². The predicted molar refractivity (Wildman–Crippen MR) is 72.8 cm³/mol. The molecule has 0 unspecified atom stereocenters. The minimum absolute atomic E-state index is 0.108. The fourth-order valence-electron chi connectivity index (χ4n) is 2.06. The van der Waals surface area contributed by atoms with Gasteiger partial charge in [0.25, 0.3) is 0 Å². The first kappa shape index (κ1) is 11.1. The SMILES string of the molecule is COc1ccc2[nH]c3cc(Cl)ccc3cc-2c1=O. The molecule has 0 saturated carbocycles. The van der Waals surface area contributed by atoms with Crippen LogP contribution in [0.15, 0.2) is 41.2 Å². The summed E-state index contributed by atoms with van der Waals surface area (Å²) in [7, 11) is 1.49. The molecule has 1 heterocycles. The monoisotopic (exact) mass is 259 g/mol. The summed E-state index contributed by atoms with van der Waals surface area (Å²) in [6.07, 6.45) is 0. The third-order valence-electron chi connectivity index (χ3n) is 2.96. The highest BCUT2D eigenvalue weighted by molar-refractivity contribution is 6.31. The van der Waals surface area contributed by atoms with Gasteiger partial charge in [-0.25, -0.2) is 0 Å². The van der Waals surface area contributed by atoms with Crippen molar-refractivity contribution in [1.82, 2.24) is 4.98 Å². The Labute approximate surface area is 108 Å². The van der Waals surface area contributed by atoms with Gasteiger partial charge in [-0.2, -0.15) is 0 Å². The molecule has 0 aromatic heterocycles. The summed E-state index contributed by atoms with van der Waals surface area (Å²) in [6.45, 7) is 0. The molecule has 90 valence electrons. The molecule has 0 saturated heterocycles. The highest BCUT2D eigenvalue weighted by Crippen LogP contribution is 2.25. The van der Waals surface area contributed by atoms with Crippen LogP contribution in [-0.2, 0) is 0 Å². The molecule has 0 bridgehead atoms. The Hall–Kier alpha value is -2.00. The molecule has 0 fully saturated rings. The fraction of sp³-hybridized carbons (Fsp3) is 0.0714. The number of nitrogens with one attached hydrogen (secondary N) is 1. The maximum absolute atomic E-state index is 12.1. The number of rotatable bonds is 1. The molecule has 3 rings (SSSR count). The molecule has 1 N–H and O–H groups in total. The Bertz CT molecular complexity index is 764. The quantitative estimate of drug-likeness (QED) is 0.682. The van der Waals surface area contributed by atoms with Gasteiger partial charge in [0.05, 0.1) is 12.8 Å². The minimum atomic E-state index is -0.108. The zero-order valence-electron chi connectivity index (χ0n) is 9.66. The van der Waals surface area contributed by atoms with Gasteiger partial charge in [0.1, 0.15) is 0 Å². The zero-order chi connectivity index (χ0) is 12.7. The number of fused-ring (bicyclic) bond motifs is 2. The lowest BCUT2D eigenvalue weighted by Gasteiger charge is -2.09. The number of pyridine rings is 1. The fourth-order valence-corrected chi connectivity index (χ4v) is 2.23. The van der Waals surface area contributed by atoms with Gasteiger partial charge < -0.3 is 9.72 Å². The van der Waals surface area contributed by atoms with Crippen molar-refractivity contribution in [3.63, 3.8) is 0 Å². The van der Waals surface area contributed by atoms with Gasteiger partial charge in [-0.1, -0.05) is 17.7 Å². The van der Waals surface area contributed by atoms with E-state index >= 15 is 0 Å². The third kappa shape index (κ3) is 1.64. The van der Waals surface area contributed by atoms with Gasteiger partial charge in [0.2, 0.25) is 5.43 Å². The minimum Gasteiger partial charge on any atom is -0.493 e. The number of hydrogen-bond acceptors (Lipinski definition) is 2. The second-order valence-corrected chi connectivity index (χ2v) is 4.50. The third-order valence-corrected chi connectivity index (χ3v) is 3.20. The average Bonchev–Trinajstić information content (AvgIpc) is 2.37. The topological polar surface area (TPSA) is 42.1 Å². The van der Waals surface area contributed by atoms with Gasteiger partial charge in [-0.15, -0.1) is 0 Å². The lowest BCUT2D eigenvalue weighted by molar-refractivity contribution is 0.411. The van der Waals surface area contributed by atoms with Crippen LogP contribution in [0.2, 0.25) is 5.02 Å². The number of hydrogen-bond donors (Lipinski definition) is 1. The van der Waals surface area contributed by atoms with E-state index in [4.69, 9.17) is 16.3 Å². The number of H-pyrrole nitrogens is 1. The van der Waals surface area contributed by atoms with E-state index in [1.165, 1.54) is 7.11 Å². The first-order valence-corrected chi connectivity index (χ1v) is 5.86. The van der Waals surface area contributed by atoms with Crippen LogP contribution in [-0.4, -0.2) is 12.1 Å². The Balaban J connectivity index is 2.42. The molecular formula is C14H10ClNO2. The van der Waals surface area contributed by atoms with Gasteiger partial charge in [-0.05, 0) is 35.7 Å². The van der Waals surface area contributed by atoms with E-state index in [-0.39, 0.29) is 5.43 Å². The zero-order valence-corrected chi connectivity index (χ0v) is 10.4. The van der Waals surface area contributed by atoms with Gasteiger partial charge >= 0.3 is 0 Å². The molecule has 0 radical (unpaired) electrons. The second-order valence-electron chi connectivity index (χ2n) is 4.06. The normalized spacial score (nSPS) is 11.0. The van der Waals surface area contributed by atoms with Gasteiger partial charge in [-0.3, -0.25) is 4.79 Å². The maximum Gasteiger partial charge on any atom is 0.229 e. The standard InChI is InChI=1S/C14H10ClNO2/c1-18-13-5-4-11-10(14(13)17)6-8-2-3-9(15)7-12(8)16-11/h2-7,16H,1H3. The van der Waals surface area contributed by atoms with Crippen molar-refractivity contribution in [2.75, 3.05) is 7.11 Å². The van der Waals surface area contributed by atoms with Crippen LogP contribution in [0.3, 0.4) is 0 Å². The van der Waals surface area contributed by atoms with Crippen LogP contribution < -0.4 is 10.2 Å². The molecule has 0 amide bonds. The van der Waals surface area contributed by atoms with Crippen molar-refractivity contribution in [2.24, 2.45) is 0 Å². The number of methoxy groups -OCH3 is 1. The van der Waals surface area contributed by atoms with Crippen molar-refractivity contribution < 1.29 is 4.74 Å². The summed E-state index contributed by atoms with van der Waals surface area (Å²) in [5.41, 5.74) is 2.18. The summed E-state index contributed by atoms with van der Waals surface area (Å²) in [5.74, 6) is 0.351. The highest BCUT2D eigenvalue weighted by atomic mass is 35.5. The van der Waals surface area contributed by atoms with E-state index in [0.717, 1.165) is 16.6 Å². The Morgan fingerprint density at radius 1 is 1.17 bits per heavy atom. The van der Waals surface area contributed by atoms with Crippen LogP contribution in [0.25, 0.3) is 22.2 Å². The van der Waals surface area contributed by atoms with Crippen molar-refractivity contribution in [1.29, 1.82) is 0 Å². The average molecular weight is 260 g/mol. The van der Waals surface area contributed by atoms with Crippen LogP contribution in [0.5, 0.6) is 5.75 Å². The van der Waals surface area contributed by atoms with Crippen LogP contribution in [0.4, 0.5) is 0 Å². The molecule has 0 spiro atoms. The first-order valence-electron chi connectivity index (χ1n) is 5.48. The highest BCUT2D eigenvalue weighted by Gasteiger charge is 2.12. The number of benzene rings is 2. The van der Waals surface area contributed by atoms with E-state index in [9.17, 15) is 4.79 Å². The maximum atomic E-state index is 12.1. The number of ether oxygens (including phenoxy) is 1. The summed E-state index contributed by atoms with van der Waals surface area (Å²) in [5, 5.41) is 1.60. The van der Waals surface area contributed by atoms with E-state index in [0.29, 0.717) is 16.3 Å². The largest absolute Gasteiger partial charge is 0.493 e. The van der Waals surface area contributed by atoms with Crippen LogP contribution in [0.1, 0.15) is 0 Å². The molecule has 1 aromatic carbocycles. The van der Waals surface area contributed by atoms with E-state index in [1.807, 2.05) is 24.3 Å². The smallest absolute Gasteiger partial charge is 0.229 e. The lowest BCUT2D eigenvalue weighted by atomic mass is 10.1. The molecule has 1 aliphatic heterocycles. The van der Waals surface area contributed by atoms with Crippen LogP contribution in [0, 0.1) is 0 Å². The molecule has 2 aliphatic rings. The molecule has 3 nitrogen and oxygen atoms in total. The summed E-state index contributed by atoms with van der Waals surface area (Å²) in [4.78, 5) is 15.3. The molecule has 4 heteroatoms. The van der Waals surface area contributed by atoms with E-state index < -0.39 is 0 Å². The van der Waals surface area contributed by atoms with Gasteiger partial charge in [0, 0.05) is 16.1 Å². The predicted octanol–water partition coefficient (Wildman–Crippen LogP) is 3.29. The molecular weight excluding hydrogens is 250 g/mol. The van der Waals surface area contributed by atoms with Crippen molar-refractivity contribution in [3.8, 4) is 17.0 Å². The van der Waals surface area contributed by atoms with E-state index in [2.05, 4.69) is 4.98 Å². The molecule has 1 aliphatic carbocycles. The lowest BCUT2D eigenvalue weighted by Crippen LogP contribution is -2.09. The number of aromatic nitrogens is 1. The van der Waals surface area contributed by atoms with Crippen molar-refractivity contribution in [2.45, 2.75) is 0 Å². The van der Waals surface area contributed by atoms with Crippen molar-refractivity contribution >= 4 is 22.5 Å². The Morgan fingerprint density at radius 2 is 2.00 bits per heavy atom. The Morgan fingerprint density at radius 3 is 2.78 bits per heavy atom. The summed E-state index contributed by atoms with van der Waals surface area (Å²) < 4.78 is 5.04. The first-order chi connectivity index (χ1) is 8.69. The Kier molecular flexibility index (Phi) is 2.49. The second kappa shape index (κ2) is 4.03.